The minimum atomic E-state index is 0.123. The lowest BCUT2D eigenvalue weighted by molar-refractivity contribution is -0.131. The number of fused-ring (bicyclic) bond motifs is 1. The largest absolute Gasteiger partial charge is 0.337 e. The minimum Gasteiger partial charge on any atom is -0.337 e. The zero-order chi connectivity index (χ0) is 22.9. The number of piperazine rings is 1. The Kier molecular flexibility index (Phi) is 6.75. The number of benzene rings is 1. The molecule has 3 aliphatic carbocycles. The van der Waals surface area contributed by atoms with Gasteiger partial charge in [0.1, 0.15) is 0 Å². The highest BCUT2D eigenvalue weighted by Gasteiger charge is 2.51. The predicted molar refractivity (Wildman–Crippen MR) is 128 cm³/mol. The van der Waals surface area contributed by atoms with Crippen LogP contribution in [-0.4, -0.2) is 72.3 Å². The van der Waals surface area contributed by atoms with E-state index in [2.05, 4.69) is 29.7 Å². The van der Waals surface area contributed by atoms with Crippen LogP contribution in [0.15, 0.2) is 35.9 Å². The third kappa shape index (κ3) is 4.63. The number of aryl methyl sites for hydroxylation is 1. The molecule has 1 saturated carbocycles. The molecule has 1 saturated heterocycles. The van der Waals surface area contributed by atoms with E-state index in [4.69, 9.17) is 0 Å². The first-order chi connectivity index (χ1) is 15.3. The molecule has 0 aromatic heterocycles. The predicted octanol–water partition coefficient (Wildman–Crippen LogP) is 3.98. The van der Waals surface area contributed by atoms with E-state index in [9.17, 15) is 9.59 Å². The van der Waals surface area contributed by atoms with Crippen molar-refractivity contribution >= 4 is 11.8 Å². The molecule has 5 nitrogen and oxygen atoms in total. The highest BCUT2D eigenvalue weighted by Crippen LogP contribution is 2.59. The average molecular weight is 438 g/mol. The summed E-state index contributed by atoms with van der Waals surface area (Å²) in [4.78, 5) is 31.9. The van der Waals surface area contributed by atoms with Crippen molar-refractivity contribution in [3.63, 3.8) is 0 Å². The molecule has 0 N–H and O–H groups in total. The van der Waals surface area contributed by atoms with Crippen LogP contribution in [0.3, 0.4) is 0 Å². The molecule has 1 aliphatic heterocycles. The highest BCUT2D eigenvalue weighted by molar-refractivity contribution is 5.94. The Morgan fingerprint density at radius 1 is 1.09 bits per heavy atom. The van der Waals surface area contributed by atoms with Crippen molar-refractivity contribution in [1.82, 2.24) is 14.7 Å². The molecule has 2 amide bonds. The van der Waals surface area contributed by atoms with Crippen LogP contribution >= 0.6 is 0 Å². The summed E-state index contributed by atoms with van der Waals surface area (Å²) < 4.78 is 0. The lowest BCUT2D eigenvalue weighted by Crippen LogP contribution is -2.52. The first-order valence-electron chi connectivity index (χ1n) is 12.3. The highest BCUT2D eigenvalue weighted by atomic mass is 16.2. The van der Waals surface area contributed by atoms with Gasteiger partial charge in [0.25, 0.3) is 5.91 Å². The molecular weight excluding hydrogens is 398 g/mol. The maximum absolute atomic E-state index is 12.8. The van der Waals surface area contributed by atoms with Crippen LogP contribution in [0, 0.1) is 24.2 Å². The zero-order valence-electron chi connectivity index (χ0n) is 20.3. The molecule has 5 heteroatoms. The van der Waals surface area contributed by atoms with Crippen molar-refractivity contribution in [2.45, 2.75) is 47.0 Å². The van der Waals surface area contributed by atoms with Gasteiger partial charge in [0.2, 0.25) is 5.91 Å². The van der Waals surface area contributed by atoms with E-state index < -0.39 is 0 Å². The molecule has 5 rings (SSSR count). The fraction of sp³-hybridized carbons (Fsp3) is 0.630. The zero-order valence-corrected chi connectivity index (χ0v) is 20.3. The molecule has 2 bridgehead atoms. The van der Waals surface area contributed by atoms with E-state index in [0.29, 0.717) is 17.8 Å². The van der Waals surface area contributed by atoms with Crippen molar-refractivity contribution in [3.05, 3.63) is 47.0 Å². The van der Waals surface area contributed by atoms with Gasteiger partial charge in [-0.25, -0.2) is 0 Å². The van der Waals surface area contributed by atoms with Gasteiger partial charge >= 0.3 is 0 Å². The Labute approximate surface area is 193 Å². The summed E-state index contributed by atoms with van der Waals surface area (Å²) in [5, 5.41) is 0. The smallest absolute Gasteiger partial charge is 0.253 e. The Bertz CT molecular complexity index is 865. The van der Waals surface area contributed by atoms with Gasteiger partial charge in [-0.15, -0.1) is 0 Å². The maximum Gasteiger partial charge on any atom is 0.253 e. The summed E-state index contributed by atoms with van der Waals surface area (Å²) in [6.07, 6.45) is 5.44. The van der Waals surface area contributed by atoms with Gasteiger partial charge in [-0.3, -0.25) is 14.5 Å². The van der Waals surface area contributed by atoms with Crippen LogP contribution in [0.25, 0.3) is 0 Å². The third-order valence-corrected chi connectivity index (χ3v) is 8.26. The van der Waals surface area contributed by atoms with Crippen molar-refractivity contribution in [2.24, 2.45) is 17.3 Å². The summed E-state index contributed by atoms with van der Waals surface area (Å²) >= 11 is 0. The number of carbonyl (C=O) groups excluding carboxylic acids is 2. The van der Waals surface area contributed by atoms with E-state index in [1.54, 1.807) is 0 Å². The number of carbonyl (C=O) groups is 2. The summed E-state index contributed by atoms with van der Waals surface area (Å²) in [7, 11) is 0. The fourth-order valence-corrected chi connectivity index (χ4v) is 5.71. The lowest BCUT2D eigenvalue weighted by Gasteiger charge is -2.57. The maximum atomic E-state index is 12.8. The number of rotatable bonds is 7. The number of hydrogen-bond acceptors (Lipinski definition) is 3. The molecule has 174 valence electrons. The molecular formula is C27H39N3O2. The third-order valence-electron chi connectivity index (χ3n) is 8.26. The Balaban J connectivity index is 1.28. The quantitative estimate of drug-likeness (QED) is 0.606. The molecule has 1 heterocycles. The van der Waals surface area contributed by atoms with Gasteiger partial charge in [-0.2, -0.15) is 0 Å². The van der Waals surface area contributed by atoms with Crippen LogP contribution < -0.4 is 0 Å². The first-order valence-corrected chi connectivity index (χ1v) is 12.3. The molecule has 2 unspecified atom stereocenters. The van der Waals surface area contributed by atoms with Crippen molar-refractivity contribution in [2.75, 3.05) is 45.8 Å². The fourth-order valence-electron chi connectivity index (χ4n) is 5.71. The van der Waals surface area contributed by atoms with Crippen LogP contribution in [0.5, 0.6) is 0 Å². The first kappa shape index (κ1) is 23.0. The lowest BCUT2D eigenvalue weighted by atomic mass is 9.49. The molecule has 0 radical (unpaired) electrons. The monoisotopic (exact) mass is 437 g/mol. The molecule has 1 aromatic rings. The number of hydrogen-bond donors (Lipinski definition) is 0. The number of amides is 2. The number of allylic oxidation sites excluding steroid dienone is 1. The molecule has 0 spiro atoms. The van der Waals surface area contributed by atoms with Crippen LogP contribution in [-0.2, 0) is 4.79 Å². The molecule has 2 fully saturated rings. The van der Waals surface area contributed by atoms with Crippen LogP contribution in [0.2, 0.25) is 0 Å². The summed E-state index contributed by atoms with van der Waals surface area (Å²) in [5.41, 5.74) is 3.81. The summed E-state index contributed by atoms with van der Waals surface area (Å²) in [6, 6.07) is 7.83. The van der Waals surface area contributed by atoms with Crippen LogP contribution in [0.1, 0.15) is 56.0 Å². The minimum absolute atomic E-state index is 0.123. The van der Waals surface area contributed by atoms with Crippen molar-refractivity contribution in [1.29, 1.82) is 0 Å². The van der Waals surface area contributed by atoms with Gasteiger partial charge in [0, 0.05) is 57.8 Å². The van der Waals surface area contributed by atoms with Crippen molar-refractivity contribution < 1.29 is 9.59 Å². The average Bonchev–Trinajstić information content (AvgIpc) is 2.81. The van der Waals surface area contributed by atoms with Gasteiger partial charge in [-0.1, -0.05) is 50.1 Å². The van der Waals surface area contributed by atoms with E-state index in [0.717, 1.165) is 57.3 Å². The summed E-state index contributed by atoms with van der Waals surface area (Å²) in [5.74, 6) is 1.84. The number of nitrogens with zero attached hydrogens (tertiary/aromatic N) is 3. The van der Waals surface area contributed by atoms with E-state index in [1.807, 2.05) is 43.0 Å². The second kappa shape index (κ2) is 9.38. The van der Waals surface area contributed by atoms with Crippen molar-refractivity contribution in [3.8, 4) is 0 Å². The SMILES string of the molecule is CCC(=O)N(CCN1CCN(C(=O)c2ccc(C)cc2)CC1)CC1=CCC2CC1C2(C)C. The van der Waals surface area contributed by atoms with Gasteiger partial charge in [0.05, 0.1) is 0 Å². The topological polar surface area (TPSA) is 43.9 Å². The molecule has 2 atom stereocenters. The molecule has 32 heavy (non-hydrogen) atoms. The summed E-state index contributed by atoms with van der Waals surface area (Å²) in [6.45, 7) is 14.4. The standard InChI is InChI=1S/C27H39N3O2/c1-5-25(31)30(19-22-10-11-23-18-24(22)27(23,3)4)17-14-28-12-15-29(16-13-28)26(32)21-8-6-20(2)7-9-21/h6-10,23-24H,5,11-19H2,1-4H3. The Morgan fingerprint density at radius 3 is 2.38 bits per heavy atom. The normalized spacial score (nSPS) is 24.5. The molecule has 4 aliphatic rings. The Hall–Kier alpha value is -2.14. The van der Waals surface area contributed by atoms with Gasteiger partial charge < -0.3 is 9.80 Å². The van der Waals surface area contributed by atoms with Crippen LogP contribution in [0.4, 0.5) is 0 Å². The second-order valence-electron chi connectivity index (χ2n) is 10.5. The Morgan fingerprint density at radius 2 is 1.78 bits per heavy atom. The van der Waals surface area contributed by atoms with E-state index in [1.165, 1.54) is 24.0 Å². The van der Waals surface area contributed by atoms with E-state index >= 15 is 0 Å². The second-order valence-corrected chi connectivity index (χ2v) is 10.5. The molecule has 1 aromatic carbocycles. The van der Waals surface area contributed by atoms with Gasteiger partial charge in [0.15, 0.2) is 0 Å². The van der Waals surface area contributed by atoms with Gasteiger partial charge in [-0.05, 0) is 49.1 Å². The van der Waals surface area contributed by atoms with E-state index in [-0.39, 0.29) is 11.8 Å².